The summed E-state index contributed by atoms with van der Waals surface area (Å²) in [5.41, 5.74) is 11.6. The summed E-state index contributed by atoms with van der Waals surface area (Å²) in [5, 5.41) is 12.8. The van der Waals surface area contributed by atoms with Gasteiger partial charge >= 0.3 is 0 Å². The molecule has 0 atom stereocenters. The first-order valence-corrected chi connectivity index (χ1v) is 3.27. The molecule has 2 aromatic heterocycles. The molecule has 0 aliphatic heterocycles. The minimum absolute atomic E-state index is 0.188. The van der Waals surface area contributed by atoms with Gasteiger partial charge in [-0.15, -0.1) is 5.10 Å². The van der Waals surface area contributed by atoms with E-state index in [1.807, 2.05) is 0 Å². The first kappa shape index (κ1) is 6.71. The van der Waals surface area contributed by atoms with Crippen LogP contribution in [0.5, 0.6) is 5.88 Å². The van der Waals surface area contributed by atoms with Crippen LogP contribution >= 0.6 is 0 Å². The predicted molar refractivity (Wildman–Crippen MR) is 43.5 cm³/mol. The van der Waals surface area contributed by atoms with E-state index in [-0.39, 0.29) is 11.6 Å². The minimum atomic E-state index is -0.243. The van der Waals surface area contributed by atoms with Gasteiger partial charge in [-0.05, 0) is 0 Å². The highest BCUT2D eigenvalue weighted by Crippen LogP contribution is 2.18. The summed E-state index contributed by atoms with van der Waals surface area (Å²) in [4.78, 5) is 3.90. The van der Waals surface area contributed by atoms with Crippen LogP contribution in [-0.4, -0.2) is 19.7 Å². The molecular formula is C6H7N5O. The van der Waals surface area contributed by atoms with E-state index in [1.54, 1.807) is 0 Å². The Morgan fingerprint density at radius 3 is 2.92 bits per heavy atom. The largest absolute Gasteiger partial charge is 0.491 e. The maximum atomic E-state index is 9.12. The molecular weight excluding hydrogens is 158 g/mol. The first-order valence-electron chi connectivity index (χ1n) is 3.27. The maximum absolute atomic E-state index is 9.12. The number of fused-ring (bicyclic) bond motifs is 1. The standard InChI is InChI=1S/C6H7N5O/c7-3-1-5-9-2-4(8)11(5)10-6(3)12/h1-2H,7-8H2,(H,10,12). The highest BCUT2D eigenvalue weighted by atomic mass is 16.3. The second-order valence-corrected chi connectivity index (χ2v) is 2.38. The summed E-state index contributed by atoms with van der Waals surface area (Å²) in [5.74, 6) is 0.118. The number of aromatic hydroxyl groups is 1. The molecule has 0 spiro atoms. The van der Waals surface area contributed by atoms with Crippen molar-refractivity contribution in [3.05, 3.63) is 12.3 Å². The van der Waals surface area contributed by atoms with Gasteiger partial charge in [0.15, 0.2) is 5.65 Å². The molecule has 2 heterocycles. The highest BCUT2D eigenvalue weighted by molar-refractivity contribution is 5.58. The van der Waals surface area contributed by atoms with Crippen LogP contribution in [0.1, 0.15) is 0 Å². The van der Waals surface area contributed by atoms with Gasteiger partial charge in [0.2, 0.25) is 0 Å². The molecule has 6 heteroatoms. The predicted octanol–water partition coefficient (Wildman–Crippen LogP) is -0.401. The maximum Gasteiger partial charge on any atom is 0.252 e. The summed E-state index contributed by atoms with van der Waals surface area (Å²) in [6.45, 7) is 0. The fourth-order valence-electron chi connectivity index (χ4n) is 0.937. The summed E-state index contributed by atoms with van der Waals surface area (Å²) in [6.07, 6.45) is 1.45. The molecule has 0 saturated carbocycles. The Hall–Kier alpha value is -1.98. The van der Waals surface area contributed by atoms with Crippen LogP contribution in [-0.2, 0) is 0 Å². The van der Waals surface area contributed by atoms with Crippen molar-refractivity contribution in [2.75, 3.05) is 11.5 Å². The third kappa shape index (κ3) is 0.746. The highest BCUT2D eigenvalue weighted by Gasteiger charge is 2.04. The lowest BCUT2D eigenvalue weighted by molar-refractivity contribution is 0.446. The van der Waals surface area contributed by atoms with E-state index in [2.05, 4.69) is 10.1 Å². The summed E-state index contributed by atoms with van der Waals surface area (Å²) in [7, 11) is 0. The molecule has 0 aliphatic carbocycles. The number of hydrogen-bond acceptors (Lipinski definition) is 5. The Bertz CT molecular complexity index is 435. The number of anilines is 2. The summed E-state index contributed by atoms with van der Waals surface area (Å²) < 4.78 is 1.31. The number of hydrogen-bond donors (Lipinski definition) is 3. The van der Waals surface area contributed by atoms with Gasteiger partial charge in [0.25, 0.3) is 5.88 Å². The van der Waals surface area contributed by atoms with Gasteiger partial charge in [0, 0.05) is 6.07 Å². The third-order valence-electron chi connectivity index (χ3n) is 1.53. The van der Waals surface area contributed by atoms with Crippen LogP contribution in [0.2, 0.25) is 0 Å². The van der Waals surface area contributed by atoms with Crippen molar-refractivity contribution in [1.82, 2.24) is 14.6 Å². The lowest BCUT2D eigenvalue weighted by Crippen LogP contribution is -1.99. The van der Waals surface area contributed by atoms with Gasteiger partial charge in [-0.1, -0.05) is 0 Å². The molecule has 0 unspecified atom stereocenters. The first-order chi connectivity index (χ1) is 5.68. The van der Waals surface area contributed by atoms with Gasteiger partial charge in [-0.25, -0.2) is 4.98 Å². The normalized spacial score (nSPS) is 10.7. The van der Waals surface area contributed by atoms with Crippen LogP contribution in [0, 0.1) is 0 Å². The quantitative estimate of drug-likeness (QED) is 0.492. The zero-order chi connectivity index (χ0) is 8.72. The van der Waals surface area contributed by atoms with Crippen LogP contribution in [0.25, 0.3) is 5.65 Å². The number of aromatic nitrogens is 3. The average Bonchev–Trinajstić information content (AvgIpc) is 2.35. The molecule has 12 heavy (non-hydrogen) atoms. The molecule has 0 amide bonds. The minimum Gasteiger partial charge on any atom is -0.491 e. The van der Waals surface area contributed by atoms with Gasteiger partial charge < -0.3 is 16.6 Å². The Kier molecular flexibility index (Phi) is 1.12. The van der Waals surface area contributed by atoms with E-state index < -0.39 is 0 Å². The van der Waals surface area contributed by atoms with Crippen molar-refractivity contribution in [2.45, 2.75) is 0 Å². The van der Waals surface area contributed by atoms with E-state index in [0.29, 0.717) is 11.5 Å². The van der Waals surface area contributed by atoms with E-state index in [9.17, 15) is 0 Å². The van der Waals surface area contributed by atoms with Gasteiger partial charge in [-0.2, -0.15) is 4.52 Å². The Labute approximate surface area is 67.4 Å². The lowest BCUT2D eigenvalue weighted by atomic mass is 10.4. The molecule has 0 aliphatic rings. The average molecular weight is 165 g/mol. The molecule has 62 valence electrons. The summed E-state index contributed by atoms with van der Waals surface area (Å²) in [6, 6.07) is 1.50. The van der Waals surface area contributed by atoms with Crippen molar-refractivity contribution in [2.24, 2.45) is 0 Å². The number of nitrogens with zero attached hydrogens (tertiary/aromatic N) is 3. The molecule has 0 bridgehead atoms. The monoisotopic (exact) mass is 165 g/mol. The van der Waals surface area contributed by atoms with Crippen molar-refractivity contribution in [1.29, 1.82) is 0 Å². The molecule has 0 radical (unpaired) electrons. The number of nitrogen functional groups attached to an aromatic ring is 2. The van der Waals surface area contributed by atoms with E-state index >= 15 is 0 Å². The van der Waals surface area contributed by atoms with Crippen LogP contribution in [0.15, 0.2) is 12.3 Å². The fourth-order valence-corrected chi connectivity index (χ4v) is 0.937. The van der Waals surface area contributed by atoms with Gasteiger partial charge in [0.05, 0.1) is 11.9 Å². The van der Waals surface area contributed by atoms with Crippen LogP contribution in [0.3, 0.4) is 0 Å². The lowest BCUT2D eigenvalue weighted by Gasteiger charge is -1.98. The topological polar surface area (TPSA) is 102 Å². The molecule has 0 fully saturated rings. The van der Waals surface area contributed by atoms with E-state index in [4.69, 9.17) is 16.6 Å². The van der Waals surface area contributed by atoms with E-state index in [1.165, 1.54) is 16.8 Å². The summed E-state index contributed by atoms with van der Waals surface area (Å²) >= 11 is 0. The second kappa shape index (κ2) is 2.00. The zero-order valence-electron chi connectivity index (χ0n) is 6.10. The number of nitrogens with two attached hydrogens (primary N) is 2. The van der Waals surface area contributed by atoms with Crippen molar-refractivity contribution in [3.63, 3.8) is 0 Å². The number of rotatable bonds is 0. The molecule has 5 N–H and O–H groups in total. The van der Waals surface area contributed by atoms with Crippen molar-refractivity contribution < 1.29 is 5.11 Å². The molecule has 2 rings (SSSR count). The number of imidazole rings is 1. The Morgan fingerprint density at radius 1 is 1.42 bits per heavy atom. The van der Waals surface area contributed by atoms with Crippen molar-refractivity contribution >= 4 is 17.2 Å². The van der Waals surface area contributed by atoms with E-state index in [0.717, 1.165) is 0 Å². The second-order valence-electron chi connectivity index (χ2n) is 2.38. The van der Waals surface area contributed by atoms with Crippen LogP contribution < -0.4 is 11.5 Å². The zero-order valence-corrected chi connectivity index (χ0v) is 6.10. The van der Waals surface area contributed by atoms with Crippen molar-refractivity contribution in [3.8, 4) is 5.88 Å². The smallest absolute Gasteiger partial charge is 0.252 e. The third-order valence-corrected chi connectivity index (χ3v) is 1.53. The molecule has 2 aromatic rings. The van der Waals surface area contributed by atoms with Gasteiger partial charge in [0.1, 0.15) is 5.82 Å². The molecule has 6 nitrogen and oxygen atoms in total. The fraction of sp³-hybridized carbons (Fsp3) is 0. The van der Waals surface area contributed by atoms with Gasteiger partial charge in [-0.3, -0.25) is 0 Å². The SMILES string of the molecule is Nc1cc2ncc(N)n2nc1O. The van der Waals surface area contributed by atoms with Crippen LogP contribution in [0.4, 0.5) is 11.5 Å². The molecule has 0 saturated heterocycles. The Morgan fingerprint density at radius 2 is 2.17 bits per heavy atom. The Balaban J connectivity index is 2.87. The molecule has 0 aromatic carbocycles.